The van der Waals surface area contributed by atoms with Crippen molar-refractivity contribution in [2.45, 2.75) is 20.4 Å². The van der Waals surface area contributed by atoms with Gasteiger partial charge in [0.25, 0.3) is 0 Å². The summed E-state index contributed by atoms with van der Waals surface area (Å²) in [4.78, 5) is 21.3. The number of hydrogen-bond acceptors (Lipinski definition) is 4. The third kappa shape index (κ3) is 4.28. The van der Waals surface area contributed by atoms with Crippen molar-refractivity contribution in [2.24, 2.45) is 0 Å². The summed E-state index contributed by atoms with van der Waals surface area (Å²) in [6, 6.07) is 1.69. The summed E-state index contributed by atoms with van der Waals surface area (Å²) in [5.41, 5.74) is 0.608. The van der Waals surface area contributed by atoms with E-state index in [2.05, 4.69) is 10.6 Å². The predicted octanol–water partition coefficient (Wildman–Crippen LogP) is 0.512. The van der Waals surface area contributed by atoms with Crippen LogP contribution in [0.15, 0.2) is 10.5 Å². The summed E-state index contributed by atoms with van der Waals surface area (Å²) in [7, 11) is 0. The van der Waals surface area contributed by atoms with Crippen LogP contribution in [0.25, 0.3) is 0 Å². The third-order valence-electron chi connectivity index (χ3n) is 2.14. The summed E-state index contributed by atoms with van der Waals surface area (Å²) in [6.07, 6.45) is 0. The number of carbonyl (C=O) groups excluding carboxylic acids is 1. The van der Waals surface area contributed by atoms with Crippen molar-refractivity contribution in [3.8, 4) is 0 Å². The normalized spacial score (nSPS) is 10.2. The molecule has 6 heteroatoms. The van der Waals surface area contributed by atoms with Crippen LogP contribution in [0.4, 0.5) is 0 Å². The Hall–Kier alpha value is -1.82. The lowest BCUT2D eigenvalue weighted by molar-refractivity contribution is -0.118. The lowest BCUT2D eigenvalue weighted by Crippen LogP contribution is -2.29. The van der Waals surface area contributed by atoms with Gasteiger partial charge in [0.2, 0.25) is 11.7 Å². The van der Waals surface area contributed by atoms with Crippen molar-refractivity contribution in [3.05, 3.63) is 23.2 Å². The molecule has 6 nitrogen and oxygen atoms in total. The maximum atomic E-state index is 10.7. The summed E-state index contributed by atoms with van der Waals surface area (Å²) in [5.74, 6) is -0.591. The quantitative estimate of drug-likeness (QED) is 0.630. The van der Waals surface area contributed by atoms with Crippen molar-refractivity contribution >= 4 is 11.9 Å². The van der Waals surface area contributed by atoms with E-state index >= 15 is 0 Å². The minimum Gasteiger partial charge on any atom is -0.475 e. The minimum atomic E-state index is -1.06. The van der Waals surface area contributed by atoms with E-state index in [1.807, 2.05) is 0 Å². The van der Waals surface area contributed by atoms with Crippen molar-refractivity contribution in [2.75, 3.05) is 13.1 Å². The molecule has 0 spiro atoms. The minimum absolute atomic E-state index is 0.0244. The van der Waals surface area contributed by atoms with Crippen LogP contribution >= 0.6 is 0 Å². The first-order valence-electron chi connectivity index (χ1n) is 5.28. The molecule has 0 atom stereocenters. The molecule has 0 radical (unpaired) electrons. The number of rotatable bonds is 6. The molecular formula is C11H16N2O4. The average Bonchev–Trinajstić information content (AvgIpc) is 2.59. The van der Waals surface area contributed by atoms with Crippen molar-refractivity contribution in [1.82, 2.24) is 10.6 Å². The van der Waals surface area contributed by atoms with Gasteiger partial charge in [-0.25, -0.2) is 4.79 Å². The van der Waals surface area contributed by atoms with E-state index in [-0.39, 0.29) is 11.7 Å². The van der Waals surface area contributed by atoms with Gasteiger partial charge in [-0.05, 0) is 13.0 Å². The molecule has 0 aliphatic heterocycles. The number of nitrogens with one attached hydrogen (secondary N) is 2. The number of carboxylic acid groups (broad SMARTS) is 1. The van der Waals surface area contributed by atoms with E-state index < -0.39 is 5.97 Å². The molecular weight excluding hydrogens is 224 g/mol. The van der Waals surface area contributed by atoms with E-state index in [0.717, 1.165) is 0 Å². The number of furan rings is 1. The largest absolute Gasteiger partial charge is 0.475 e. The van der Waals surface area contributed by atoms with E-state index in [9.17, 15) is 9.59 Å². The summed E-state index contributed by atoms with van der Waals surface area (Å²) in [6.45, 7) is 4.71. The number of aryl methyl sites for hydroxylation is 1. The van der Waals surface area contributed by atoms with Crippen LogP contribution in [0.1, 0.15) is 28.8 Å². The van der Waals surface area contributed by atoms with Gasteiger partial charge in [-0.2, -0.15) is 0 Å². The second-order valence-electron chi connectivity index (χ2n) is 3.69. The molecule has 1 amide bonds. The molecule has 0 unspecified atom stereocenters. The molecule has 0 aliphatic carbocycles. The van der Waals surface area contributed by atoms with Crippen LogP contribution in [0.2, 0.25) is 0 Å². The highest BCUT2D eigenvalue weighted by Gasteiger charge is 2.13. The maximum absolute atomic E-state index is 10.7. The van der Waals surface area contributed by atoms with Gasteiger partial charge in [0.05, 0.1) is 6.54 Å². The van der Waals surface area contributed by atoms with Crippen molar-refractivity contribution in [3.63, 3.8) is 0 Å². The summed E-state index contributed by atoms with van der Waals surface area (Å²) < 4.78 is 5.15. The molecule has 3 N–H and O–H groups in total. The number of amides is 1. The molecule has 0 aliphatic rings. The van der Waals surface area contributed by atoms with Gasteiger partial charge in [0, 0.05) is 25.6 Å². The molecule has 1 rings (SSSR count). The zero-order valence-electron chi connectivity index (χ0n) is 9.87. The van der Waals surface area contributed by atoms with Crippen LogP contribution in [-0.2, 0) is 11.3 Å². The van der Waals surface area contributed by atoms with E-state index in [0.29, 0.717) is 31.0 Å². The highest BCUT2D eigenvalue weighted by atomic mass is 16.4. The molecule has 0 saturated carbocycles. The highest BCUT2D eigenvalue weighted by Crippen LogP contribution is 2.14. The first-order chi connectivity index (χ1) is 8.00. The molecule has 1 aromatic rings. The number of carbonyl (C=O) groups is 2. The fourth-order valence-electron chi connectivity index (χ4n) is 1.39. The Morgan fingerprint density at radius 1 is 1.41 bits per heavy atom. The van der Waals surface area contributed by atoms with Gasteiger partial charge >= 0.3 is 5.97 Å². The zero-order valence-corrected chi connectivity index (χ0v) is 9.87. The molecule has 0 aromatic carbocycles. The molecule has 0 fully saturated rings. The molecule has 0 bridgehead atoms. The van der Waals surface area contributed by atoms with Gasteiger partial charge in [-0.15, -0.1) is 0 Å². The first-order valence-corrected chi connectivity index (χ1v) is 5.28. The fourth-order valence-corrected chi connectivity index (χ4v) is 1.39. The first kappa shape index (κ1) is 13.2. The van der Waals surface area contributed by atoms with Crippen molar-refractivity contribution < 1.29 is 19.1 Å². The van der Waals surface area contributed by atoms with Gasteiger partial charge in [-0.3, -0.25) is 4.79 Å². The zero-order chi connectivity index (χ0) is 12.8. The number of aromatic carboxylic acids is 1. The molecule has 1 aromatic heterocycles. The second kappa shape index (κ2) is 6.05. The molecule has 94 valence electrons. The lowest BCUT2D eigenvalue weighted by atomic mass is 10.2. The topological polar surface area (TPSA) is 91.6 Å². The Morgan fingerprint density at radius 3 is 2.65 bits per heavy atom. The van der Waals surface area contributed by atoms with Crippen molar-refractivity contribution in [1.29, 1.82) is 0 Å². The Kier molecular flexibility index (Phi) is 4.71. The fraction of sp³-hybridized carbons (Fsp3) is 0.455. The third-order valence-corrected chi connectivity index (χ3v) is 2.14. The van der Waals surface area contributed by atoms with E-state index in [1.54, 1.807) is 13.0 Å². The van der Waals surface area contributed by atoms with Crippen LogP contribution in [0.3, 0.4) is 0 Å². The number of hydrogen-bond donors (Lipinski definition) is 3. The smallest absolute Gasteiger partial charge is 0.372 e. The number of carboxylic acids is 1. The standard InChI is InChI=1S/C11H16N2O4/c1-7-5-9(17-10(7)11(15)16)6-12-3-4-13-8(2)14/h5,12H,3-4,6H2,1-2H3,(H,13,14)(H,15,16). The molecule has 1 heterocycles. The summed E-state index contributed by atoms with van der Waals surface area (Å²) >= 11 is 0. The van der Waals surface area contributed by atoms with Gasteiger partial charge < -0.3 is 20.2 Å². The molecule has 17 heavy (non-hydrogen) atoms. The van der Waals surface area contributed by atoms with Crippen LogP contribution < -0.4 is 10.6 Å². The Bertz CT molecular complexity index is 412. The van der Waals surface area contributed by atoms with Crippen LogP contribution in [0, 0.1) is 6.92 Å². The Morgan fingerprint density at radius 2 is 2.12 bits per heavy atom. The predicted molar refractivity (Wildman–Crippen MR) is 60.8 cm³/mol. The van der Waals surface area contributed by atoms with Crippen LogP contribution in [0.5, 0.6) is 0 Å². The Balaban J connectivity index is 2.35. The van der Waals surface area contributed by atoms with Crippen LogP contribution in [-0.4, -0.2) is 30.1 Å². The van der Waals surface area contributed by atoms with E-state index in [4.69, 9.17) is 9.52 Å². The maximum Gasteiger partial charge on any atom is 0.372 e. The van der Waals surface area contributed by atoms with Gasteiger partial charge in [-0.1, -0.05) is 0 Å². The molecule has 0 saturated heterocycles. The van der Waals surface area contributed by atoms with Gasteiger partial charge in [0.1, 0.15) is 5.76 Å². The SMILES string of the molecule is CC(=O)NCCNCc1cc(C)c(C(=O)O)o1. The average molecular weight is 240 g/mol. The lowest BCUT2D eigenvalue weighted by Gasteiger charge is -2.02. The monoisotopic (exact) mass is 240 g/mol. The van der Waals surface area contributed by atoms with E-state index in [1.165, 1.54) is 6.92 Å². The highest BCUT2D eigenvalue weighted by molar-refractivity contribution is 5.86. The summed E-state index contributed by atoms with van der Waals surface area (Å²) in [5, 5.41) is 14.5. The van der Waals surface area contributed by atoms with Gasteiger partial charge in [0.15, 0.2) is 0 Å². The Labute approximate surface area is 99.0 Å². The second-order valence-corrected chi connectivity index (χ2v) is 3.69.